The highest BCUT2D eigenvalue weighted by atomic mass is 16.3. The van der Waals surface area contributed by atoms with Crippen LogP contribution in [0.3, 0.4) is 0 Å². The third kappa shape index (κ3) is 78.1. The first kappa shape index (κ1) is 28.7. The van der Waals surface area contributed by atoms with Crippen molar-refractivity contribution in [3.8, 4) is 0 Å². The molecular weight excluding hydrogens is 270 g/mol. The maximum atomic E-state index is 4.58. The van der Waals surface area contributed by atoms with Crippen molar-refractivity contribution in [2.75, 3.05) is 0 Å². The highest BCUT2D eigenvalue weighted by Crippen LogP contribution is 1.81. The molecule has 0 saturated carbocycles. The van der Waals surface area contributed by atoms with Crippen LogP contribution in [0.25, 0.3) is 0 Å². The van der Waals surface area contributed by atoms with Gasteiger partial charge in [0.15, 0.2) is 0 Å². The molecule has 132 valence electrons. The number of hydrogen-bond acceptors (Lipinski definition) is 1. The average Bonchev–Trinajstić information content (AvgIpc) is 3.20. The monoisotopic (exact) mass is 311 g/mol. The van der Waals surface area contributed by atoms with Gasteiger partial charge >= 0.3 is 0 Å². The molecule has 2 heteroatoms. The predicted molar refractivity (Wildman–Crippen MR) is 103 cm³/mol. The molecule has 0 aromatic carbocycles. The summed E-state index contributed by atoms with van der Waals surface area (Å²) in [6.45, 7) is 21.0. The molecule has 2 aromatic heterocycles. The zero-order chi connectivity index (χ0) is 18.2. The predicted octanol–water partition coefficient (Wildman–Crippen LogP) is 7.67. The second-order valence-corrected chi connectivity index (χ2v) is 5.14. The highest BCUT2D eigenvalue weighted by Gasteiger charge is 1.68. The summed E-state index contributed by atoms with van der Waals surface area (Å²) < 4.78 is 4.58. The Morgan fingerprint density at radius 3 is 0.955 bits per heavy atom. The van der Waals surface area contributed by atoms with Gasteiger partial charge in [-0.05, 0) is 36.1 Å². The van der Waals surface area contributed by atoms with E-state index in [0.29, 0.717) is 0 Å². The first-order valence-electron chi connectivity index (χ1n) is 8.51. The van der Waals surface area contributed by atoms with Crippen LogP contribution in [0.4, 0.5) is 0 Å². The van der Waals surface area contributed by atoms with E-state index in [1.807, 2.05) is 64.4 Å². The normalized spacial score (nSPS) is 7.45. The van der Waals surface area contributed by atoms with Crippen molar-refractivity contribution in [1.82, 2.24) is 4.98 Å². The molecule has 0 spiro atoms. The lowest BCUT2D eigenvalue weighted by molar-refractivity contribution is 0.567. The number of hydrogen-bond donors (Lipinski definition) is 1. The van der Waals surface area contributed by atoms with Crippen molar-refractivity contribution in [1.29, 1.82) is 0 Å². The van der Waals surface area contributed by atoms with E-state index in [-0.39, 0.29) is 0 Å². The van der Waals surface area contributed by atoms with E-state index in [1.165, 1.54) is 0 Å². The Hall–Kier alpha value is -1.44. The van der Waals surface area contributed by atoms with Crippen LogP contribution in [-0.4, -0.2) is 4.98 Å². The minimum Gasteiger partial charge on any atom is -0.473 e. The van der Waals surface area contributed by atoms with E-state index in [1.54, 1.807) is 12.5 Å². The highest BCUT2D eigenvalue weighted by molar-refractivity contribution is 4.84. The van der Waals surface area contributed by atoms with Crippen LogP contribution in [0.2, 0.25) is 0 Å². The zero-order valence-electron chi connectivity index (χ0n) is 16.7. The molecule has 0 amide bonds. The van der Waals surface area contributed by atoms with Gasteiger partial charge in [0.25, 0.3) is 0 Å². The van der Waals surface area contributed by atoms with Crippen LogP contribution in [-0.2, 0) is 0 Å². The summed E-state index contributed by atoms with van der Waals surface area (Å²) in [5, 5.41) is 0. The Kier molecular flexibility index (Phi) is 41.4. The fourth-order valence-electron chi connectivity index (χ4n) is 0.505. The number of rotatable bonds is 0. The Morgan fingerprint density at radius 1 is 0.591 bits per heavy atom. The van der Waals surface area contributed by atoms with Gasteiger partial charge in [-0.3, -0.25) is 0 Å². The molecule has 0 atom stereocenters. The van der Waals surface area contributed by atoms with Crippen molar-refractivity contribution in [3.63, 3.8) is 0 Å². The summed E-state index contributed by atoms with van der Waals surface area (Å²) in [5.41, 5.74) is 0. The molecule has 0 aliphatic heterocycles. The van der Waals surface area contributed by atoms with Gasteiger partial charge in [0, 0.05) is 12.4 Å². The van der Waals surface area contributed by atoms with Gasteiger partial charge in [-0.1, -0.05) is 69.2 Å². The Balaban J connectivity index is -0.0000000919. The van der Waals surface area contributed by atoms with Crippen LogP contribution >= 0.6 is 0 Å². The largest absolute Gasteiger partial charge is 0.473 e. The second kappa shape index (κ2) is 31.8. The summed E-state index contributed by atoms with van der Waals surface area (Å²) in [5.74, 6) is 1.67. The fraction of sp³-hybridized carbons (Fsp3) is 0.600. The van der Waals surface area contributed by atoms with Crippen molar-refractivity contribution in [2.45, 2.75) is 69.2 Å². The quantitative estimate of drug-likeness (QED) is 0.531. The third-order valence-corrected chi connectivity index (χ3v) is 0.921. The summed E-state index contributed by atoms with van der Waals surface area (Å²) >= 11 is 0. The first-order chi connectivity index (χ1) is 10.5. The molecule has 2 heterocycles. The van der Waals surface area contributed by atoms with E-state index in [2.05, 4.69) is 50.9 Å². The Morgan fingerprint density at radius 2 is 0.864 bits per heavy atom. The molecule has 2 nitrogen and oxygen atoms in total. The van der Waals surface area contributed by atoms with Gasteiger partial charge in [-0.25, -0.2) is 0 Å². The lowest BCUT2D eigenvalue weighted by Crippen LogP contribution is -1.66. The lowest BCUT2D eigenvalue weighted by atomic mass is 10.3. The number of aromatic nitrogens is 1. The molecule has 0 fully saturated rings. The van der Waals surface area contributed by atoms with Gasteiger partial charge in [-0.15, -0.1) is 0 Å². The summed E-state index contributed by atoms with van der Waals surface area (Å²) in [6.07, 6.45) is 7.00. The Labute approximate surface area is 140 Å². The van der Waals surface area contributed by atoms with Gasteiger partial charge in [0.2, 0.25) is 0 Å². The average molecular weight is 312 g/mol. The number of nitrogens with one attached hydrogen (secondary N) is 1. The summed E-state index contributed by atoms with van der Waals surface area (Å²) in [7, 11) is 0. The van der Waals surface area contributed by atoms with Crippen LogP contribution in [0, 0.1) is 11.8 Å². The van der Waals surface area contributed by atoms with Crippen molar-refractivity contribution >= 4 is 0 Å². The molecule has 0 bridgehead atoms. The standard InChI is InChI=1S/C4H5N.C4H4O.2C4H10.2C2H6/c2*1-2-4-5-3-1;2*1-4(2)3;2*1-2/h1-5H;1-4H;2*4H,1-3H3;2*1-2H3. The molecule has 2 rings (SSSR count). The molecule has 0 aliphatic carbocycles. The summed E-state index contributed by atoms with van der Waals surface area (Å²) in [4.78, 5) is 2.86. The molecular formula is C20H41NO. The minimum atomic E-state index is 0.833. The van der Waals surface area contributed by atoms with E-state index < -0.39 is 0 Å². The zero-order valence-corrected chi connectivity index (χ0v) is 16.7. The molecule has 1 N–H and O–H groups in total. The van der Waals surface area contributed by atoms with Crippen LogP contribution in [0.15, 0.2) is 53.6 Å². The van der Waals surface area contributed by atoms with E-state index in [0.717, 1.165) is 11.8 Å². The van der Waals surface area contributed by atoms with Crippen LogP contribution < -0.4 is 0 Å². The molecule has 22 heavy (non-hydrogen) atoms. The van der Waals surface area contributed by atoms with E-state index in [9.17, 15) is 0 Å². The van der Waals surface area contributed by atoms with Crippen molar-refractivity contribution in [2.24, 2.45) is 11.8 Å². The summed E-state index contributed by atoms with van der Waals surface area (Å²) in [6, 6.07) is 7.56. The third-order valence-electron chi connectivity index (χ3n) is 0.921. The van der Waals surface area contributed by atoms with Crippen molar-refractivity contribution in [3.05, 3.63) is 49.2 Å². The number of H-pyrrole nitrogens is 1. The van der Waals surface area contributed by atoms with E-state index >= 15 is 0 Å². The maximum absolute atomic E-state index is 4.58. The SMILES string of the molecule is CC.CC.CC(C)C.CC(C)C.c1cc[nH]c1.c1ccoc1. The van der Waals surface area contributed by atoms with Gasteiger partial charge in [-0.2, -0.15) is 0 Å². The first-order valence-corrected chi connectivity index (χ1v) is 8.51. The molecule has 0 unspecified atom stereocenters. The molecule has 0 aliphatic rings. The fourth-order valence-corrected chi connectivity index (χ4v) is 0.505. The number of aromatic amines is 1. The van der Waals surface area contributed by atoms with Crippen LogP contribution in [0.1, 0.15) is 69.2 Å². The minimum absolute atomic E-state index is 0.833. The Bertz CT molecular complexity index is 211. The van der Waals surface area contributed by atoms with Crippen LogP contribution in [0.5, 0.6) is 0 Å². The van der Waals surface area contributed by atoms with Gasteiger partial charge in [0.05, 0.1) is 12.5 Å². The second-order valence-electron chi connectivity index (χ2n) is 5.14. The molecule has 0 radical (unpaired) electrons. The van der Waals surface area contributed by atoms with Gasteiger partial charge in [0.1, 0.15) is 0 Å². The van der Waals surface area contributed by atoms with E-state index in [4.69, 9.17) is 0 Å². The van der Waals surface area contributed by atoms with Crippen molar-refractivity contribution < 1.29 is 4.42 Å². The smallest absolute Gasteiger partial charge is 0.0902 e. The van der Waals surface area contributed by atoms with Gasteiger partial charge < -0.3 is 9.40 Å². The lowest BCUT2D eigenvalue weighted by Gasteiger charge is -1.79. The number of furan rings is 1. The molecule has 2 aromatic rings. The molecule has 0 saturated heterocycles. The maximum Gasteiger partial charge on any atom is 0.0902 e. The topological polar surface area (TPSA) is 28.9 Å².